The highest BCUT2D eigenvalue weighted by Crippen LogP contribution is 2.32. The van der Waals surface area contributed by atoms with Crippen molar-refractivity contribution >= 4 is 28.2 Å². The average Bonchev–Trinajstić information content (AvgIpc) is 2.53. The second-order valence-electron chi connectivity index (χ2n) is 5.45. The van der Waals surface area contributed by atoms with Gasteiger partial charge in [-0.05, 0) is 49.4 Å². The van der Waals surface area contributed by atoms with E-state index in [9.17, 15) is 19.4 Å². The number of carbonyl (C=O) groups is 1. The maximum atomic E-state index is 13.7. The minimum Gasteiger partial charge on any atom is -0.508 e. The second-order valence-corrected chi connectivity index (χ2v) is 5.45. The summed E-state index contributed by atoms with van der Waals surface area (Å²) in [7, 11) is 0. The first-order chi connectivity index (χ1) is 11.4. The first-order valence-electron chi connectivity index (χ1n) is 7.30. The summed E-state index contributed by atoms with van der Waals surface area (Å²) in [6, 6.07) is 10.5. The molecular formula is C18H15FN2O3. The number of rotatable bonds is 4. The number of aromatic nitrogens is 1. The molecule has 0 unspecified atom stereocenters. The van der Waals surface area contributed by atoms with Crippen molar-refractivity contribution in [1.82, 2.24) is 4.98 Å². The topological polar surface area (TPSA) is 82.5 Å². The normalized spacial score (nSPS) is 10.8. The second kappa shape index (κ2) is 6.16. The Hall–Kier alpha value is -3.15. The fourth-order valence-corrected chi connectivity index (χ4v) is 2.60. The first kappa shape index (κ1) is 15.7. The molecule has 3 rings (SSSR count). The highest BCUT2D eigenvalue weighted by Gasteiger charge is 2.16. The van der Waals surface area contributed by atoms with Gasteiger partial charge in [0.25, 0.3) is 0 Å². The molecule has 3 N–H and O–H groups in total. The molecule has 0 aliphatic heterocycles. The van der Waals surface area contributed by atoms with E-state index in [4.69, 9.17) is 0 Å². The quantitative estimate of drug-likeness (QED) is 0.636. The van der Waals surface area contributed by atoms with Crippen molar-refractivity contribution in [2.24, 2.45) is 0 Å². The molecule has 0 bridgehead atoms. The van der Waals surface area contributed by atoms with Crippen molar-refractivity contribution in [2.75, 3.05) is 5.32 Å². The lowest BCUT2D eigenvalue weighted by Crippen LogP contribution is -2.08. The van der Waals surface area contributed by atoms with E-state index in [1.807, 2.05) is 0 Å². The van der Waals surface area contributed by atoms with E-state index in [0.29, 0.717) is 33.5 Å². The number of anilines is 2. The third-order valence-electron chi connectivity index (χ3n) is 3.72. The number of nitrogens with zero attached hydrogens (tertiary/aromatic N) is 1. The number of carboxylic acid groups (broad SMARTS) is 1. The van der Waals surface area contributed by atoms with Gasteiger partial charge in [0.1, 0.15) is 11.6 Å². The molecule has 0 radical (unpaired) electrons. The van der Waals surface area contributed by atoms with E-state index >= 15 is 0 Å². The van der Waals surface area contributed by atoms with Gasteiger partial charge < -0.3 is 15.5 Å². The Bertz CT molecular complexity index is 924. The van der Waals surface area contributed by atoms with Gasteiger partial charge in [0.05, 0.1) is 17.6 Å². The van der Waals surface area contributed by atoms with Crippen LogP contribution >= 0.6 is 0 Å². The minimum atomic E-state index is -0.996. The number of aromatic hydroxyl groups is 1. The molecule has 0 aliphatic carbocycles. The molecule has 0 aliphatic rings. The zero-order valence-corrected chi connectivity index (χ0v) is 12.9. The number of aliphatic carboxylic acids is 1. The predicted molar refractivity (Wildman–Crippen MR) is 89.2 cm³/mol. The number of halogens is 1. The van der Waals surface area contributed by atoms with Crippen LogP contribution in [0.2, 0.25) is 0 Å². The van der Waals surface area contributed by atoms with Gasteiger partial charge in [-0.2, -0.15) is 0 Å². The number of benzene rings is 2. The van der Waals surface area contributed by atoms with Crippen molar-refractivity contribution in [2.45, 2.75) is 13.3 Å². The van der Waals surface area contributed by atoms with Crippen LogP contribution in [0.5, 0.6) is 5.75 Å². The maximum absolute atomic E-state index is 13.7. The summed E-state index contributed by atoms with van der Waals surface area (Å²) in [5.41, 5.74) is 2.79. The number of phenols is 1. The van der Waals surface area contributed by atoms with Crippen LogP contribution < -0.4 is 5.32 Å². The molecule has 0 fully saturated rings. The Morgan fingerprint density at radius 1 is 1.21 bits per heavy atom. The van der Waals surface area contributed by atoms with E-state index in [1.165, 1.54) is 24.3 Å². The minimum absolute atomic E-state index is 0.119. The standard InChI is InChI=1S/C18H15FN2O3/c1-10-14(9-17(23)24)18(21-12-3-5-13(22)6-4-12)15-8-11(19)2-7-16(15)20-10/h2-8,22H,9H2,1H3,(H,20,21)(H,23,24). The lowest BCUT2D eigenvalue weighted by molar-refractivity contribution is -0.136. The van der Waals surface area contributed by atoms with Gasteiger partial charge in [-0.1, -0.05) is 0 Å². The van der Waals surface area contributed by atoms with E-state index < -0.39 is 11.8 Å². The van der Waals surface area contributed by atoms with E-state index in [0.717, 1.165) is 0 Å². The molecule has 0 atom stereocenters. The zero-order valence-electron chi connectivity index (χ0n) is 12.9. The van der Waals surface area contributed by atoms with Crippen LogP contribution in [0.3, 0.4) is 0 Å². The molecule has 0 saturated carbocycles. The Morgan fingerprint density at radius 3 is 2.58 bits per heavy atom. The smallest absolute Gasteiger partial charge is 0.307 e. The Labute approximate surface area is 137 Å². The number of hydrogen-bond acceptors (Lipinski definition) is 4. The molecular weight excluding hydrogens is 311 g/mol. The van der Waals surface area contributed by atoms with Crippen molar-refractivity contribution in [3.8, 4) is 5.75 Å². The average molecular weight is 326 g/mol. The number of nitrogens with one attached hydrogen (secondary N) is 1. The highest BCUT2D eigenvalue weighted by atomic mass is 19.1. The van der Waals surface area contributed by atoms with Crippen molar-refractivity contribution < 1.29 is 19.4 Å². The number of fused-ring (bicyclic) bond motifs is 1. The van der Waals surface area contributed by atoms with Gasteiger partial charge in [-0.3, -0.25) is 9.78 Å². The summed E-state index contributed by atoms with van der Waals surface area (Å²) in [6.07, 6.45) is -0.230. The maximum Gasteiger partial charge on any atom is 0.307 e. The monoisotopic (exact) mass is 326 g/mol. The number of phenolic OH excluding ortho intramolecular Hbond substituents is 1. The number of carboxylic acids is 1. The molecule has 0 spiro atoms. The van der Waals surface area contributed by atoms with Gasteiger partial charge in [0, 0.05) is 22.3 Å². The number of hydrogen-bond donors (Lipinski definition) is 3. The molecule has 1 aromatic heterocycles. The molecule has 6 heteroatoms. The summed E-state index contributed by atoms with van der Waals surface area (Å²) >= 11 is 0. The number of aryl methyl sites for hydroxylation is 1. The molecule has 5 nitrogen and oxygen atoms in total. The van der Waals surface area contributed by atoms with Crippen molar-refractivity contribution in [1.29, 1.82) is 0 Å². The van der Waals surface area contributed by atoms with Gasteiger partial charge in [0.15, 0.2) is 0 Å². The van der Waals surface area contributed by atoms with Crippen LogP contribution in [0.1, 0.15) is 11.3 Å². The van der Waals surface area contributed by atoms with E-state index in [2.05, 4.69) is 10.3 Å². The van der Waals surface area contributed by atoms with Crippen LogP contribution in [0.25, 0.3) is 10.9 Å². The van der Waals surface area contributed by atoms with Crippen LogP contribution in [-0.2, 0) is 11.2 Å². The first-order valence-corrected chi connectivity index (χ1v) is 7.30. The fourth-order valence-electron chi connectivity index (χ4n) is 2.60. The Morgan fingerprint density at radius 2 is 1.92 bits per heavy atom. The molecule has 0 saturated heterocycles. The SMILES string of the molecule is Cc1nc2ccc(F)cc2c(Nc2ccc(O)cc2)c1CC(=O)O. The summed E-state index contributed by atoms with van der Waals surface area (Å²) in [5, 5.41) is 22.2. The Balaban J connectivity index is 2.21. The molecule has 0 amide bonds. The van der Waals surface area contributed by atoms with Crippen LogP contribution in [0, 0.1) is 12.7 Å². The molecule has 122 valence electrons. The predicted octanol–water partition coefficient (Wildman–Crippen LogP) is 3.76. The molecule has 2 aromatic carbocycles. The van der Waals surface area contributed by atoms with Crippen LogP contribution in [0.4, 0.5) is 15.8 Å². The van der Waals surface area contributed by atoms with Gasteiger partial charge in [0.2, 0.25) is 0 Å². The highest BCUT2D eigenvalue weighted by molar-refractivity contribution is 5.96. The van der Waals surface area contributed by atoms with Crippen LogP contribution in [0.15, 0.2) is 42.5 Å². The van der Waals surface area contributed by atoms with E-state index in [-0.39, 0.29) is 12.2 Å². The summed E-state index contributed by atoms with van der Waals surface area (Å²) in [5.74, 6) is -1.30. The lowest BCUT2D eigenvalue weighted by atomic mass is 10.0. The third-order valence-corrected chi connectivity index (χ3v) is 3.72. The van der Waals surface area contributed by atoms with Crippen molar-refractivity contribution in [3.05, 3.63) is 59.5 Å². The molecule has 24 heavy (non-hydrogen) atoms. The molecule has 3 aromatic rings. The third kappa shape index (κ3) is 3.12. The van der Waals surface area contributed by atoms with Crippen LogP contribution in [-0.4, -0.2) is 21.2 Å². The van der Waals surface area contributed by atoms with E-state index in [1.54, 1.807) is 25.1 Å². The van der Waals surface area contributed by atoms with Crippen molar-refractivity contribution in [3.63, 3.8) is 0 Å². The van der Waals surface area contributed by atoms with Gasteiger partial charge in [-0.15, -0.1) is 0 Å². The summed E-state index contributed by atoms with van der Waals surface area (Å²) < 4.78 is 13.7. The fraction of sp³-hybridized carbons (Fsp3) is 0.111. The lowest BCUT2D eigenvalue weighted by Gasteiger charge is -2.16. The Kier molecular flexibility index (Phi) is 4.04. The molecule has 1 heterocycles. The largest absolute Gasteiger partial charge is 0.508 e. The summed E-state index contributed by atoms with van der Waals surface area (Å²) in [4.78, 5) is 15.6. The summed E-state index contributed by atoms with van der Waals surface area (Å²) in [6.45, 7) is 1.73. The van der Waals surface area contributed by atoms with Gasteiger partial charge in [-0.25, -0.2) is 4.39 Å². The number of pyridine rings is 1. The van der Waals surface area contributed by atoms with Gasteiger partial charge >= 0.3 is 5.97 Å². The zero-order chi connectivity index (χ0) is 17.3.